The summed E-state index contributed by atoms with van der Waals surface area (Å²) in [7, 11) is 0. The molecule has 0 aromatic heterocycles. The van der Waals surface area contributed by atoms with Crippen molar-refractivity contribution in [2.45, 2.75) is 13.8 Å². The van der Waals surface area contributed by atoms with Crippen LogP contribution in [0.15, 0.2) is 42.5 Å². The Hall–Kier alpha value is -2.24. The molecule has 0 bridgehead atoms. The van der Waals surface area contributed by atoms with Gasteiger partial charge in [-0.2, -0.15) is 0 Å². The number of carbonyl (C=O) groups is 1. The zero-order valence-electron chi connectivity index (χ0n) is 15.9. The van der Waals surface area contributed by atoms with Gasteiger partial charge in [-0.05, 0) is 43.3 Å². The van der Waals surface area contributed by atoms with Gasteiger partial charge in [0.1, 0.15) is 5.75 Å². The maximum absolute atomic E-state index is 12.2. The fraction of sp³-hybridized carbons (Fsp3) is 0.381. The quantitative estimate of drug-likeness (QED) is 0.818. The minimum atomic E-state index is -0.210. The molecule has 2 aromatic rings. The van der Waals surface area contributed by atoms with Gasteiger partial charge in [-0.15, -0.1) is 0 Å². The molecule has 1 heterocycles. The molecular formula is C21H26ClN3O2. The summed E-state index contributed by atoms with van der Waals surface area (Å²) in [6.07, 6.45) is 0. The largest absolute Gasteiger partial charge is 0.483 e. The van der Waals surface area contributed by atoms with Crippen LogP contribution in [0, 0.1) is 6.92 Å². The number of ether oxygens (including phenoxy) is 1. The van der Waals surface area contributed by atoms with Gasteiger partial charge in [-0.3, -0.25) is 4.79 Å². The molecule has 6 heteroatoms. The number of hydrogen-bond donors (Lipinski definition) is 1. The van der Waals surface area contributed by atoms with Crippen LogP contribution in [0.25, 0.3) is 0 Å². The number of rotatable bonds is 6. The summed E-state index contributed by atoms with van der Waals surface area (Å²) in [5, 5.41) is 3.49. The maximum Gasteiger partial charge on any atom is 0.262 e. The van der Waals surface area contributed by atoms with Gasteiger partial charge in [0.25, 0.3) is 5.91 Å². The molecule has 1 aliphatic heterocycles. The molecule has 0 saturated carbocycles. The van der Waals surface area contributed by atoms with E-state index in [4.69, 9.17) is 16.3 Å². The summed E-state index contributed by atoms with van der Waals surface area (Å²) in [6, 6.07) is 13.3. The first-order valence-electron chi connectivity index (χ1n) is 9.32. The fourth-order valence-corrected chi connectivity index (χ4v) is 3.50. The Balaban J connectivity index is 1.56. The molecule has 1 amide bonds. The number of benzene rings is 2. The average molecular weight is 388 g/mol. The van der Waals surface area contributed by atoms with E-state index in [-0.39, 0.29) is 12.5 Å². The van der Waals surface area contributed by atoms with Crippen molar-refractivity contribution in [3.63, 3.8) is 0 Å². The number of nitrogens with zero attached hydrogens (tertiary/aromatic N) is 2. The number of piperazine rings is 1. The molecule has 1 N–H and O–H groups in total. The first-order chi connectivity index (χ1) is 13.1. The highest BCUT2D eigenvalue weighted by atomic mass is 35.5. The van der Waals surface area contributed by atoms with Crippen molar-refractivity contribution in [1.29, 1.82) is 0 Å². The van der Waals surface area contributed by atoms with E-state index in [0.717, 1.165) is 44.0 Å². The number of likely N-dealkylation sites (N-methyl/N-ethyl adjacent to an activating group) is 1. The van der Waals surface area contributed by atoms with Crippen LogP contribution in [0.2, 0.25) is 5.02 Å². The predicted octanol–water partition coefficient (Wildman–Crippen LogP) is 3.81. The summed E-state index contributed by atoms with van der Waals surface area (Å²) in [4.78, 5) is 16.9. The smallest absolute Gasteiger partial charge is 0.262 e. The molecule has 0 radical (unpaired) electrons. The zero-order chi connectivity index (χ0) is 19.2. The zero-order valence-corrected chi connectivity index (χ0v) is 16.6. The number of para-hydroxylation sites is 1. The highest BCUT2D eigenvalue weighted by Gasteiger charge is 2.18. The minimum absolute atomic E-state index is 0.0385. The Morgan fingerprint density at radius 1 is 1.15 bits per heavy atom. The molecule has 144 valence electrons. The number of hydrogen-bond acceptors (Lipinski definition) is 4. The summed E-state index contributed by atoms with van der Waals surface area (Å²) < 4.78 is 5.58. The average Bonchev–Trinajstić information content (AvgIpc) is 2.68. The van der Waals surface area contributed by atoms with Crippen molar-refractivity contribution < 1.29 is 9.53 Å². The van der Waals surface area contributed by atoms with Crippen LogP contribution in [0.1, 0.15) is 12.5 Å². The minimum Gasteiger partial charge on any atom is -0.483 e. The summed E-state index contributed by atoms with van der Waals surface area (Å²) in [5.41, 5.74) is 2.69. The van der Waals surface area contributed by atoms with Crippen molar-refractivity contribution in [2.75, 3.05) is 49.5 Å². The van der Waals surface area contributed by atoms with Crippen molar-refractivity contribution >= 4 is 28.9 Å². The first-order valence-corrected chi connectivity index (χ1v) is 9.69. The van der Waals surface area contributed by atoms with E-state index >= 15 is 0 Å². The Kier molecular flexibility index (Phi) is 6.58. The summed E-state index contributed by atoms with van der Waals surface area (Å²) in [5.74, 6) is 0.505. The topological polar surface area (TPSA) is 44.8 Å². The van der Waals surface area contributed by atoms with Crippen molar-refractivity contribution in [1.82, 2.24) is 4.90 Å². The van der Waals surface area contributed by atoms with Gasteiger partial charge in [0.05, 0.1) is 10.7 Å². The molecule has 0 unspecified atom stereocenters. The molecule has 1 aliphatic rings. The third-order valence-corrected chi connectivity index (χ3v) is 5.15. The lowest BCUT2D eigenvalue weighted by Crippen LogP contribution is -2.46. The molecule has 27 heavy (non-hydrogen) atoms. The van der Waals surface area contributed by atoms with Gasteiger partial charge in [0.15, 0.2) is 6.61 Å². The lowest BCUT2D eigenvalue weighted by Gasteiger charge is -2.36. The molecule has 3 rings (SSSR count). The van der Waals surface area contributed by atoms with Crippen LogP contribution in [-0.2, 0) is 4.79 Å². The van der Waals surface area contributed by atoms with Crippen LogP contribution in [0.4, 0.5) is 11.4 Å². The monoisotopic (exact) mass is 387 g/mol. The number of nitrogens with one attached hydrogen (secondary N) is 1. The SMILES string of the molecule is CCN1CCN(c2ccc(NC(=O)COc3ccccc3C)cc2Cl)CC1. The van der Waals surface area contributed by atoms with Crippen molar-refractivity contribution in [3.05, 3.63) is 53.1 Å². The van der Waals surface area contributed by atoms with Gasteiger partial charge in [-0.25, -0.2) is 0 Å². The van der Waals surface area contributed by atoms with Crippen LogP contribution in [-0.4, -0.2) is 50.1 Å². The van der Waals surface area contributed by atoms with Gasteiger partial charge < -0.3 is 19.9 Å². The lowest BCUT2D eigenvalue weighted by atomic mass is 10.2. The predicted molar refractivity (Wildman–Crippen MR) is 111 cm³/mol. The Labute approximate surface area is 165 Å². The van der Waals surface area contributed by atoms with E-state index < -0.39 is 0 Å². The fourth-order valence-electron chi connectivity index (χ4n) is 3.20. The maximum atomic E-state index is 12.2. The normalized spacial score (nSPS) is 14.9. The number of aryl methyl sites for hydroxylation is 1. The van der Waals surface area contributed by atoms with E-state index in [0.29, 0.717) is 16.5 Å². The van der Waals surface area contributed by atoms with E-state index in [1.54, 1.807) is 6.07 Å². The number of halogens is 1. The molecule has 1 saturated heterocycles. The Morgan fingerprint density at radius 3 is 2.56 bits per heavy atom. The molecule has 5 nitrogen and oxygen atoms in total. The first kappa shape index (κ1) is 19.5. The van der Waals surface area contributed by atoms with Crippen molar-refractivity contribution in [2.24, 2.45) is 0 Å². The van der Waals surface area contributed by atoms with E-state index in [1.807, 2.05) is 43.3 Å². The molecule has 1 fully saturated rings. The number of amides is 1. The highest BCUT2D eigenvalue weighted by molar-refractivity contribution is 6.33. The number of anilines is 2. The van der Waals surface area contributed by atoms with E-state index in [2.05, 4.69) is 22.0 Å². The number of carbonyl (C=O) groups excluding carboxylic acids is 1. The Bertz CT molecular complexity index is 789. The Morgan fingerprint density at radius 2 is 1.89 bits per heavy atom. The van der Waals surface area contributed by atoms with Gasteiger partial charge in [-0.1, -0.05) is 36.7 Å². The molecule has 0 spiro atoms. The second-order valence-corrected chi connectivity index (χ2v) is 7.10. The highest BCUT2D eigenvalue weighted by Crippen LogP contribution is 2.29. The second-order valence-electron chi connectivity index (χ2n) is 6.69. The van der Waals surface area contributed by atoms with E-state index in [9.17, 15) is 4.79 Å². The molecule has 0 atom stereocenters. The van der Waals surface area contributed by atoms with Crippen LogP contribution >= 0.6 is 11.6 Å². The standard InChI is InChI=1S/C21H26ClN3O2/c1-3-24-10-12-25(13-11-24)19-9-8-17(14-18(19)22)23-21(26)15-27-20-7-5-4-6-16(20)2/h4-9,14H,3,10-13,15H2,1-2H3,(H,23,26). The van der Waals surface area contributed by atoms with Crippen LogP contribution < -0.4 is 15.0 Å². The summed E-state index contributed by atoms with van der Waals surface area (Å²) >= 11 is 6.47. The van der Waals surface area contributed by atoms with Gasteiger partial charge in [0.2, 0.25) is 0 Å². The van der Waals surface area contributed by atoms with E-state index in [1.165, 1.54) is 0 Å². The molecular weight excluding hydrogens is 362 g/mol. The van der Waals surface area contributed by atoms with Gasteiger partial charge in [0, 0.05) is 31.9 Å². The third kappa shape index (κ3) is 5.15. The lowest BCUT2D eigenvalue weighted by molar-refractivity contribution is -0.118. The van der Waals surface area contributed by atoms with Gasteiger partial charge >= 0.3 is 0 Å². The van der Waals surface area contributed by atoms with Crippen molar-refractivity contribution in [3.8, 4) is 5.75 Å². The summed E-state index contributed by atoms with van der Waals surface area (Å²) in [6.45, 7) is 9.19. The second kappa shape index (κ2) is 9.11. The molecule has 0 aliphatic carbocycles. The molecule has 2 aromatic carbocycles. The van der Waals surface area contributed by atoms with Crippen LogP contribution in [0.3, 0.4) is 0 Å². The third-order valence-electron chi connectivity index (χ3n) is 4.84. The van der Waals surface area contributed by atoms with Crippen LogP contribution in [0.5, 0.6) is 5.75 Å².